The van der Waals surface area contributed by atoms with E-state index >= 15 is 0 Å². The van der Waals surface area contributed by atoms with E-state index in [4.69, 9.17) is 0 Å². The number of hydrogen-bond donors (Lipinski definition) is 1. The molecule has 1 N–H and O–H groups in total. The molecule has 0 amide bonds. The Kier molecular flexibility index (Phi) is 4.80. The van der Waals surface area contributed by atoms with E-state index < -0.39 is 0 Å². The molecule has 1 aromatic heterocycles. The van der Waals surface area contributed by atoms with Gasteiger partial charge in [-0.3, -0.25) is 0 Å². The van der Waals surface area contributed by atoms with Gasteiger partial charge in [0.1, 0.15) is 0 Å². The van der Waals surface area contributed by atoms with Crippen LogP contribution in [-0.2, 0) is 6.54 Å². The predicted octanol–water partition coefficient (Wildman–Crippen LogP) is 2.88. The van der Waals surface area contributed by atoms with E-state index in [-0.39, 0.29) is 0 Å². The lowest BCUT2D eigenvalue weighted by Crippen LogP contribution is -2.26. The van der Waals surface area contributed by atoms with Crippen molar-refractivity contribution in [1.29, 1.82) is 0 Å². The molecule has 0 aromatic carbocycles. The number of hydrogen-bond acceptors (Lipinski definition) is 4. The number of anilines is 1. The van der Waals surface area contributed by atoms with E-state index in [0.29, 0.717) is 0 Å². The SMILES string of the molecule is CCN(CC)c1ncc(CNCC2CCC2)s1. The monoisotopic (exact) mass is 253 g/mol. The second-order valence-electron chi connectivity index (χ2n) is 4.71. The van der Waals surface area contributed by atoms with Crippen LogP contribution in [0.15, 0.2) is 6.20 Å². The second-order valence-corrected chi connectivity index (χ2v) is 5.80. The fraction of sp³-hybridized carbons (Fsp3) is 0.769. The first-order valence-corrected chi connectivity index (χ1v) is 7.55. The van der Waals surface area contributed by atoms with Gasteiger partial charge < -0.3 is 10.2 Å². The summed E-state index contributed by atoms with van der Waals surface area (Å²) in [4.78, 5) is 8.15. The molecule has 3 nitrogen and oxygen atoms in total. The third kappa shape index (κ3) is 3.42. The van der Waals surface area contributed by atoms with Crippen LogP contribution in [0.3, 0.4) is 0 Å². The number of aromatic nitrogens is 1. The Morgan fingerprint density at radius 3 is 2.76 bits per heavy atom. The number of nitrogens with one attached hydrogen (secondary N) is 1. The summed E-state index contributed by atoms with van der Waals surface area (Å²) in [7, 11) is 0. The van der Waals surface area contributed by atoms with Crippen LogP contribution >= 0.6 is 11.3 Å². The minimum atomic E-state index is 0.935. The Labute approximate surface area is 108 Å². The maximum Gasteiger partial charge on any atom is 0.185 e. The molecule has 0 bridgehead atoms. The molecule has 1 aromatic rings. The van der Waals surface area contributed by atoms with E-state index in [2.05, 4.69) is 29.0 Å². The summed E-state index contributed by atoms with van der Waals surface area (Å²) in [5.74, 6) is 0.935. The van der Waals surface area contributed by atoms with E-state index in [9.17, 15) is 0 Å². The van der Waals surface area contributed by atoms with Gasteiger partial charge >= 0.3 is 0 Å². The minimum absolute atomic E-state index is 0.935. The van der Waals surface area contributed by atoms with Crippen LogP contribution in [-0.4, -0.2) is 24.6 Å². The average molecular weight is 253 g/mol. The van der Waals surface area contributed by atoms with E-state index in [1.165, 1.54) is 30.7 Å². The predicted molar refractivity (Wildman–Crippen MR) is 74.7 cm³/mol. The highest BCUT2D eigenvalue weighted by Crippen LogP contribution is 2.26. The number of rotatable bonds is 7. The van der Waals surface area contributed by atoms with E-state index in [1.54, 1.807) is 0 Å². The molecule has 2 rings (SSSR count). The molecular formula is C13H23N3S. The van der Waals surface area contributed by atoms with Crippen molar-refractivity contribution < 1.29 is 0 Å². The Hall–Kier alpha value is -0.610. The maximum absolute atomic E-state index is 4.49. The Bertz CT molecular complexity index is 329. The van der Waals surface area contributed by atoms with Crippen molar-refractivity contribution >= 4 is 16.5 Å². The van der Waals surface area contributed by atoms with Gasteiger partial charge in [-0.25, -0.2) is 4.98 Å². The summed E-state index contributed by atoms with van der Waals surface area (Å²) in [6.45, 7) is 8.60. The second kappa shape index (κ2) is 6.36. The Morgan fingerprint density at radius 1 is 1.41 bits per heavy atom. The molecule has 4 heteroatoms. The van der Waals surface area contributed by atoms with Crippen LogP contribution in [0.4, 0.5) is 5.13 Å². The molecule has 1 aliphatic rings. The quantitative estimate of drug-likeness (QED) is 0.810. The van der Waals surface area contributed by atoms with Crippen molar-refractivity contribution in [1.82, 2.24) is 10.3 Å². The van der Waals surface area contributed by atoms with Crippen molar-refractivity contribution in [2.45, 2.75) is 39.7 Å². The maximum atomic E-state index is 4.49. The van der Waals surface area contributed by atoms with Crippen LogP contribution in [0, 0.1) is 5.92 Å². The summed E-state index contributed by atoms with van der Waals surface area (Å²) in [5, 5.41) is 4.71. The zero-order valence-electron chi connectivity index (χ0n) is 10.9. The zero-order valence-corrected chi connectivity index (χ0v) is 11.7. The first-order valence-electron chi connectivity index (χ1n) is 6.73. The molecule has 17 heavy (non-hydrogen) atoms. The van der Waals surface area contributed by atoms with Crippen molar-refractivity contribution in [3.63, 3.8) is 0 Å². The van der Waals surface area contributed by atoms with Crippen LogP contribution in [0.1, 0.15) is 38.0 Å². The van der Waals surface area contributed by atoms with Crippen LogP contribution in [0.25, 0.3) is 0 Å². The van der Waals surface area contributed by atoms with Gasteiger partial charge in [0.15, 0.2) is 5.13 Å². The van der Waals surface area contributed by atoms with E-state index in [0.717, 1.165) is 30.7 Å². The van der Waals surface area contributed by atoms with Crippen molar-refractivity contribution in [3.05, 3.63) is 11.1 Å². The molecule has 96 valence electrons. The zero-order chi connectivity index (χ0) is 12.1. The summed E-state index contributed by atoms with van der Waals surface area (Å²) < 4.78 is 0. The highest BCUT2D eigenvalue weighted by molar-refractivity contribution is 7.15. The van der Waals surface area contributed by atoms with Gasteiger partial charge in [-0.15, -0.1) is 11.3 Å². The lowest BCUT2D eigenvalue weighted by atomic mass is 9.85. The molecule has 0 spiro atoms. The molecular weight excluding hydrogens is 230 g/mol. The minimum Gasteiger partial charge on any atom is -0.349 e. The molecule has 0 radical (unpaired) electrons. The molecule has 0 atom stereocenters. The largest absolute Gasteiger partial charge is 0.349 e. The third-order valence-corrected chi connectivity index (χ3v) is 4.59. The summed E-state index contributed by atoms with van der Waals surface area (Å²) in [6, 6.07) is 0. The van der Waals surface area contributed by atoms with Crippen molar-refractivity contribution in [2.75, 3.05) is 24.5 Å². The lowest BCUT2D eigenvalue weighted by molar-refractivity contribution is 0.301. The lowest BCUT2D eigenvalue weighted by Gasteiger charge is -2.25. The molecule has 0 aliphatic heterocycles. The molecule has 1 fully saturated rings. The van der Waals surface area contributed by atoms with Gasteiger partial charge in [-0.1, -0.05) is 6.42 Å². The molecule has 1 aliphatic carbocycles. The Morgan fingerprint density at radius 2 is 2.18 bits per heavy atom. The fourth-order valence-electron chi connectivity index (χ4n) is 2.12. The van der Waals surface area contributed by atoms with Gasteiger partial charge in [-0.2, -0.15) is 0 Å². The molecule has 0 unspecified atom stereocenters. The van der Waals surface area contributed by atoms with E-state index in [1.807, 2.05) is 17.5 Å². The van der Waals surface area contributed by atoms with Crippen LogP contribution in [0.5, 0.6) is 0 Å². The van der Waals surface area contributed by atoms with Gasteiger partial charge in [-0.05, 0) is 39.2 Å². The molecule has 0 saturated heterocycles. The van der Waals surface area contributed by atoms with Crippen LogP contribution in [0.2, 0.25) is 0 Å². The number of nitrogens with zero attached hydrogens (tertiary/aromatic N) is 2. The summed E-state index contributed by atoms with van der Waals surface area (Å²) in [5.41, 5.74) is 0. The molecule has 1 saturated carbocycles. The van der Waals surface area contributed by atoms with Gasteiger partial charge in [0, 0.05) is 30.7 Å². The fourth-order valence-corrected chi connectivity index (χ4v) is 3.12. The van der Waals surface area contributed by atoms with Crippen molar-refractivity contribution in [2.24, 2.45) is 5.92 Å². The highest BCUT2D eigenvalue weighted by Gasteiger charge is 2.16. The summed E-state index contributed by atoms with van der Waals surface area (Å²) in [6.07, 6.45) is 6.28. The van der Waals surface area contributed by atoms with Crippen LogP contribution < -0.4 is 10.2 Å². The van der Waals surface area contributed by atoms with Gasteiger partial charge in [0.2, 0.25) is 0 Å². The Balaban J connectivity index is 1.76. The number of thiazole rings is 1. The smallest absolute Gasteiger partial charge is 0.185 e. The summed E-state index contributed by atoms with van der Waals surface area (Å²) >= 11 is 1.82. The normalized spacial score (nSPS) is 15.9. The highest BCUT2D eigenvalue weighted by atomic mass is 32.1. The topological polar surface area (TPSA) is 28.2 Å². The van der Waals surface area contributed by atoms with Gasteiger partial charge in [0.25, 0.3) is 0 Å². The van der Waals surface area contributed by atoms with Crippen molar-refractivity contribution in [3.8, 4) is 0 Å². The third-order valence-electron chi connectivity index (χ3n) is 3.53. The van der Waals surface area contributed by atoms with Gasteiger partial charge in [0.05, 0.1) is 0 Å². The molecule has 1 heterocycles. The average Bonchev–Trinajstić information content (AvgIpc) is 2.72. The standard InChI is InChI=1S/C13H23N3S/c1-3-16(4-2)13-15-10-12(17-13)9-14-8-11-6-5-7-11/h10-11,14H,3-9H2,1-2H3. The first kappa shape index (κ1) is 12.8. The first-order chi connectivity index (χ1) is 8.33.